The Morgan fingerprint density at radius 1 is 1.06 bits per heavy atom. The molecule has 0 aliphatic carbocycles. The summed E-state index contributed by atoms with van der Waals surface area (Å²) in [4.78, 5) is 16.1. The second-order valence-electron chi connectivity index (χ2n) is 7.31. The van der Waals surface area contributed by atoms with E-state index >= 15 is 0 Å². The van der Waals surface area contributed by atoms with Crippen LogP contribution in [0, 0.1) is 0 Å². The van der Waals surface area contributed by atoms with Gasteiger partial charge in [0.25, 0.3) is 0 Å². The van der Waals surface area contributed by atoms with Gasteiger partial charge in [0, 0.05) is 12.1 Å². The Labute approximate surface area is 190 Å². The van der Waals surface area contributed by atoms with Crippen LogP contribution in [0.5, 0.6) is 0 Å². The topological polar surface area (TPSA) is 96.4 Å². The number of aryl methyl sites for hydroxylation is 1. The van der Waals surface area contributed by atoms with Crippen LogP contribution in [0.1, 0.15) is 28.4 Å². The molecule has 0 amide bonds. The number of fused-ring (bicyclic) bond motifs is 1. The van der Waals surface area contributed by atoms with Crippen molar-refractivity contribution in [3.63, 3.8) is 0 Å². The summed E-state index contributed by atoms with van der Waals surface area (Å²) in [5.41, 5.74) is 3.53. The minimum absolute atomic E-state index is 0.0126. The van der Waals surface area contributed by atoms with Crippen molar-refractivity contribution in [2.24, 2.45) is 0 Å². The lowest BCUT2D eigenvalue weighted by molar-refractivity contribution is 0.0695. The molecule has 0 atom stereocenters. The van der Waals surface area contributed by atoms with Crippen molar-refractivity contribution in [2.45, 2.75) is 24.7 Å². The molecule has 32 heavy (non-hydrogen) atoms. The number of sulfonamides is 1. The van der Waals surface area contributed by atoms with Crippen molar-refractivity contribution in [2.75, 3.05) is 6.54 Å². The molecule has 0 bridgehead atoms. The van der Waals surface area contributed by atoms with Gasteiger partial charge in [-0.3, -0.25) is 0 Å². The van der Waals surface area contributed by atoms with E-state index in [0.29, 0.717) is 18.4 Å². The van der Waals surface area contributed by atoms with Crippen LogP contribution in [0.3, 0.4) is 0 Å². The Hall–Kier alpha value is -3.07. The molecular formula is C24H22N2O4S2. The smallest absolute Gasteiger partial charge is 0.336 e. The Bertz CT molecular complexity index is 1380. The molecule has 0 radical (unpaired) electrons. The van der Waals surface area contributed by atoms with Gasteiger partial charge in [0.2, 0.25) is 10.0 Å². The fraction of sp³-hybridized carbons (Fsp3) is 0.167. The van der Waals surface area contributed by atoms with E-state index in [0.717, 1.165) is 26.4 Å². The van der Waals surface area contributed by atoms with Crippen LogP contribution in [0.2, 0.25) is 0 Å². The quantitative estimate of drug-likeness (QED) is 0.391. The van der Waals surface area contributed by atoms with Crippen LogP contribution in [-0.4, -0.2) is 31.0 Å². The number of hydrogen-bond donors (Lipinski definition) is 2. The highest BCUT2D eigenvalue weighted by Crippen LogP contribution is 2.30. The van der Waals surface area contributed by atoms with E-state index in [2.05, 4.69) is 4.72 Å². The van der Waals surface area contributed by atoms with E-state index in [1.807, 2.05) is 55.5 Å². The van der Waals surface area contributed by atoms with Crippen LogP contribution in [0.4, 0.5) is 0 Å². The summed E-state index contributed by atoms with van der Waals surface area (Å²) in [5, 5.41) is 10.3. The van der Waals surface area contributed by atoms with Gasteiger partial charge in [-0.25, -0.2) is 22.9 Å². The number of carboxylic acids is 1. The van der Waals surface area contributed by atoms with Crippen molar-refractivity contribution < 1.29 is 18.3 Å². The predicted octanol–water partition coefficient (Wildman–Crippen LogP) is 4.74. The molecule has 4 aromatic rings. The van der Waals surface area contributed by atoms with Gasteiger partial charge in [0.1, 0.15) is 5.01 Å². The lowest BCUT2D eigenvalue weighted by atomic mass is 10.1. The molecule has 0 aliphatic heterocycles. The summed E-state index contributed by atoms with van der Waals surface area (Å²) in [6.45, 7) is 2.03. The highest BCUT2D eigenvalue weighted by atomic mass is 32.2. The molecule has 1 heterocycles. The maximum absolute atomic E-state index is 12.7. The Morgan fingerprint density at radius 3 is 2.56 bits per heavy atom. The maximum Gasteiger partial charge on any atom is 0.336 e. The summed E-state index contributed by atoms with van der Waals surface area (Å²) >= 11 is 1.62. The van der Waals surface area contributed by atoms with Crippen molar-refractivity contribution in [1.82, 2.24) is 9.71 Å². The number of benzene rings is 3. The summed E-state index contributed by atoms with van der Waals surface area (Å²) in [6.07, 6.45) is 1.01. The van der Waals surface area contributed by atoms with Gasteiger partial charge in [-0.05, 0) is 48.2 Å². The summed E-state index contributed by atoms with van der Waals surface area (Å²) in [5.74, 6) is -1.13. The highest BCUT2D eigenvalue weighted by molar-refractivity contribution is 7.89. The number of nitrogens with zero attached hydrogens (tertiary/aromatic N) is 1. The molecule has 0 fully saturated rings. The second-order valence-corrected chi connectivity index (χ2v) is 10.1. The van der Waals surface area contributed by atoms with Gasteiger partial charge in [-0.15, -0.1) is 11.3 Å². The fourth-order valence-corrected chi connectivity index (χ4v) is 5.49. The zero-order valence-electron chi connectivity index (χ0n) is 17.4. The first kappa shape index (κ1) is 22.1. The van der Waals surface area contributed by atoms with E-state index in [-0.39, 0.29) is 17.0 Å². The molecule has 0 unspecified atom stereocenters. The third-order valence-corrected chi connectivity index (χ3v) is 7.73. The van der Waals surface area contributed by atoms with Crippen LogP contribution in [0.25, 0.3) is 20.8 Å². The molecule has 8 heteroatoms. The third kappa shape index (κ3) is 4.72. The van der Waals surface area contributed by atoms with Gasteiger partial charge < -0.3 is 5.11 Å². The van der Waals surface area contributed by atoms with Crippen LogP contribution in [0.15, 0.2) is 71.6 Å². The number of aromatic nitrogens is 1. The van der Waals surface area contributed by atoms with Crippen LogP contribution >= 0.6 is 11.3 Å². The number of aromatic carboxylic acids is 1. The standard InChI is InChI=1S/C24H22N2O4S2/c1-2-17-9-10-19(15-20(17)24(27)28)32(29,30)25-13-12-16-8-11-22-21(14-16)26-23(31-22)18-6-4-3-5-7-18/h3-11,14-15,25H,2,12-13H2,1H3,(H,27,28). The van der Waals surface area contributed by atoms with E-state index in [1.165, 1.54) is 12.1 Å². The van der Waals surface area contributed by atoms with Gasteiger partial charge in [0.15, 0.2) is 0 Å². The molecular weight excluding hydrogens is 444 g/mol. The Balaban J connectivity index is 1.47. The molecule has 0 aliphatic rings. The molecule has 0 spiro atoms. The maximum atomic E-state index is 12.7. The van der Waals surface area contributed by atoms with Crippen molar-refractivity contribution >= 4 is 37.5 Å². The predicted molar refractivity (Wildman–Crippen MR) is 127 cm³/mol. The minimum atomic E-state index is -3.81. The number of nitrogens with one attached hydrogen (secondary N) is 1. The molecule has 164 valence electrons. The van der Waals surface area contributed by atoms with E-state index in [9.17, 15) is 18.3 Å². The number of carboxylic acid groups (broad SMARTS) is 1. The van der Waals surface area contributed by atoms with Gasteiger partial charge in [-0.1, -0.05) is 49.4 Å². The van der Waals surface area contributed by atoms with E-state index in [4.69, 9.17) is 4.98 Å². The average molecular weight is 467 g/mol. The first-order valence-electron chi connectivity index (χ1n) is 10.2. The van der Waals surface area contributed by atoms with Crippen molar-refractivity contribution in [3.8, 4) is 10.6 Å². The second kappa shape index (κ2) is 9.20. The van der Waals surface area contributed by atoms with Gasteiger partial charge in [-0.2, -0.15) is 0 Å². The monoisotopic (exact) mass is 466 g/mol. The Kier molecular flexibility index (Phi) is 6.36. The summed E-state index contributed by atoms with van der Waals surface area (Å²) < 4.78 is 29.0. The van der Waals surface area contributed by atoms with Gasteiger partial charge >= 0.3 is 5.97 Å². The highest BCUT2D eigenvalue weighted by Gasteiger charge is 2.18. The lowest BCUT2D eigenvalue weighted by Gasteiger charge is -2.10. The normalized spacial score (nSPS) is 11.7. The molecule has 1 aromatic heterocycles. The third-order valence-electron chi connectivity index (χ3n) is 5.18. The zero-order valence-corrected chi connectivity index (χ0v) is 19.0. The van der Waals surface area contributed by atoms with E-state index in [1.54, 1.807) is 17.4 Å². The Morgan fingerprint density at radius 2 is 1.84 bits per heavy atom. The lowest BCUT2D eigenvalue weighted by Crippen LogP contribution is -2.26. The summed E-state index contributed by atoms with van der Waals surface area (Å²) in [7, 11) is -3.81. The molecule has 2 N–H and O–H groups in total. The molecule has 0 saturated heterocycles. The number of rotatable bonds is 8. The van der Waals surface area contributed by atoms with E-state index < -0.39 is 16.0 Å². The molecule has 6 nitrogen and oxygen atoms in total. The largest absolute Gasteiger partial charge is 0.478 e. The fourth-order valence-electron chi connectivity index (χ4n) is 3.48. The first-order chi connectivity index (χ1) is 15.4. The first-order valence-corrected chi connectivity index (χ1v) is 12.5. The van der Waals surface area contributed by atoms with Crippen molar-refractivity contribution in [1.29, 1.82) is 0 Å². The van der Waals surface area contributed by atoms with Gasteiger partial charge in [0.05, 0.1) is 20.7 Å². The molecule has 0 saturated carbocycles. The van der Waals surface area contributed by atoms with Crippen LogP contribution in [-0.2, 0) is 22.9 Å². The van der Waals surface area contributed by atoms with Crippen molar-refractivity contribution in [3.05, 3.63) is 83.4 Å². The molecule has 4 rings (SSSR count). The number of thiazole rings is 1. The number of carbonyl (C=O) groups is 1. The average Bonchev–Trinajstić information content (AvgIpc) is 3.22. The SMILES string of the molecule is CCc1ccc(S(=O)(=O)NCCc2ccc3sc(-c4ccccc4)nc3c2)cc1C(=O)O. The zero-order chi connectivity index (χ0) is 22.7. The summed E-state index contributed by atoms with van der Waals surface area (Å²) in [6, 6.07) is 20.2. The molecule has 3 aromatic carbocycles. The number of hydrogen-bond acceptors (Lipinski definition) is 5. The minimum Gasteiger partial charge on any atom is -0.478 e. The van der Waals surface area contributed by atoms with Crippen LogP contribution < -0.4 is 4.72 Å².